The van der Waals surface area contributed by atoms with Gasteiger partial charge in [-0.15, -0.1) is 0 Å². The van der Waals surface area contributed by atoms with Gasteiger partial charge in [0.15, 0.2) is 0 Å². The molecule has 3 nitrogen and oxygen atoms in total. The van der Waals surface area contributed by atoms with Crippen molar-refractivity contribution in [1.82, 2.24) is 5.32 Å². The highest BCUT2D eigenvalue weighted by Crippen LogP contribution is 2.24. The Kier molecular flexibility index (Phi) is 4.74. The lowest BCUT2D eigenvalue weighted by Gasteiger charge is -2.09. The van der Waals surface area contributed by atoms with E-state index < -0.39 is 0 Å². The molecule has 2 aromatic carbocycles. The van der Waals surface area contributed by atoms with Gasteiger partial charge in [0.05, 0.1) is 0 Å². The van der Waals surface area contributed by atoms with Gasteiger partial charge in [0.2, 0.25) is 0 Å². The number of amides is 2. The Morgan fingerprint density at radius 2 is 1.82 bits per heavy atom. The number of fused-ring (bicyclic) bond motifs is 1. The Labute approximate surface area is 131 Å². The van der Waals surface area contributed by atoms with Crippen molar-refractivity contribution < 1.29 is 4.79 Å². The fraction of sp³-hybridized carbons (Fsp3) is 0.316. The first-order chi connectivity index (χ1) is 10.8. The summed E-state index contributed by atoms with van der Waals surface area (Å²) in [6.07, 6.45) is 5.46. The van der Waals surface area contributed by atoms with Crippen LogP contribution in [0.5, 0.6) is 0 Å². The number of rotatable bonds is 5. The zero-order valence-corrected chi connectivity index (χ0v) is 12.8. The highest BCUT2D eigenvalue weighted by molar-refractivity contribution is 5.89. The van der Waals surface area contributed by atoms with E-state index in [0.29, 0.717) is 6.54 Å². The van der Waals surface area contributed by atoms with Crippen molar-refractivity contribution in [1.29, 1.82) is 0 Å². The second-order valence-corrected chi connectivity index (χ2v) is 5.81. The van der Waals surface area contributed by atoms with Gasteiger partial charge in [0.25, 0.3) is 0 Å². The highest BCUT2D eigenvalue weighted by atomic mass is 16.2. The van der Waals surface area contributed by atoms with Gasteiger partial charge in [-0.25, -0.2) is 4.79 Å². The smallest absolute Gasteiger partial charge is 0.319 e. The monoisotopic (exact) mass is 294 g/mol. The lowest BCUT2D eigenvalue weighted by atomic mass is 10.1. The zero-order valence-electron chi connectivity index (χ0n) is 12.8. The van der Waals surface area contributed by atoms with E-state index in [2.05, 4.69) is 34.9 Å². The Hall–Kier alpha value is -2.29. The van der Waals surface area contributed by atoms with E-state index in [1.54, 1.807) is 0 Å². The fourth-order valence-electron chi connectivity index (χ4n) is 2.96. The average molecular weight is 294 g/mol. The molecule has 0 heterocycles. The molecule has 22 heavy (non-hydrogen) atoms. The summed E-state index contributed by atoms with van der Waals surface area (Å²) in [6, 6.07) is 16.5. The van der Waals surface area contributed by atoms with Gasteiger partial charge in [-0.05, 0) is 60.9 Å². The van der Waals surface area contributed by atoms with Crippen LogP contribution in [0, 0.1) is 0 Å². The van der Waals surface area contributed by atoms with Gasteiger partial charge in [0.1, 0.15) is 0 Å². The predicted molar refractivity (Wildman–Crippen MR) is 90.3 cm³/mol. The molecular formula is C19H22N2O. The molecular weight excluding hydrogens is 272 g/mol. The molecule has 0 saturated heterocycles. The van der Waals surface area contributed by atoms with Gasteiger partial charge in [-0.3, -0.25) is 0 Å². The third-order valence-electron chi connectivity index (χ3n) is 4.13. The average Bonchev–Trinajstić information content (AvgIpc) is 3.00. The summed E-state index contributed by atoms with van der Waals surface area (Å²) in [5.74, 6) is 0. The molecule has 2 amide bonds. The highest BCUT2D eigenvalue weighted by Gasteiger charge is 2.11. The maximum absolute atomic E-state index is 11.9. The Bertz CT molecular complexity index is 637. The van der Waals surface area contributed by atoms with Crippen molar-refractivity contribution in [2.45, 2.75) is 32.1 Å². The van der Waals surface area contributed by atoms with Crippen molar-refractivity contribution in [3.8, 4) is 0 Å². The zero-order chi connectivity index (χ0) is 15.2. The number of benzene rings is 2. The van der Waals surface area contributed by atoms with E-state index in [4.69, 9.17) is 0 Å². The molecule has 0 radical (unpaired) electrons. The van der Waals surface area contributed by atoms with Crippen molar-refractivity contribution >= 4 is 11.7 Å². The van der Waals surface area contributed by atoms with E-state index in [-0.39, 0.29) is 6.03 Å². The van der Waals surface area contributed by atoms with E-state index in [9.17, 15) is 4.79 Å². The molecule has 1 aliphatic rings. The topological polar surface area (TPSA) is 41.1 Å². The third kappa shape index (κ3) is 3.88. The molecule has 0 unspecified atom stereocenters. The minimum Gasteiger partial charge on any atom is -0.338 e. The Morgan fingerprint density at radius 3 is 2.68 bits per heavy atom. The van der Waals surface area contributed by atoms with Crippen LogP contribution in [0.15, 0.2) is 48.5 Å². The maximum atomic E-state index is 11.9. The largest absolute Gasteiger partial charge is 0.338 e. The van der Waals surface area contributed by atoms with Crippen molar-refractivity contribution in [3.63, 3.8) is 0 Å². The Morgan fingerprint density at radius 1 is 1.00 bits per heavy atom. The van der Waals surface area contributed by atoms with Crippen molar-refractivity contribution in [3.05, 3.63) is 65.2 Å². The lowest BCUT2D eigenvalue weighted by molar-refractivity contribution is 0.252. The van der Waals surface area contributed by atoms with Crippen LogP contribution in [0.2, 0.25) is 0 Å². The summed E-state index contributed by atoms with van der Waals surface area (Å²) < 4.78 is 0. The number of carbonyl (C=O) groups excluding carboxylic acids is 1. The second kappa shape index (κ2) is 7.12. The van der Waals surface area contributed by atoms with Crippen LogP contribution in [-0.4, -0.2) is 12.6 Å². The summed E-state index contributed by atoms with van der Waals surface area (Å²) in [7, 11) is 0. The number of hydrogen-bond acceptors (Lipinski definition) is 1. The number of hydrogen-bond donors (Lipinski definition) is 2. The molecule has 0 saturated carbocycles. The first-order valence-corrected chi connectivity index (χ1v) is 8.02. The summed E-state index contributed by atoms with van der Waals surface area (Å²) in [6.45, 7) is 0.686. The molecule has 0 spiro atoms. The van der Waals surface area contributed by atoms with Gasteiger partial charge < -0.3 is 10.6 Å². The van der Waals surface area contributed by atoms with E-state index in [1.807, 2.05) is 24.3 Å². The van der Waals surface area contributed by atoms with Crippen LogP contribution in [0.1, 0.15) is 29.5 Å². The quantitative estimate of drug-likeness (QED) is 0.806. The standard InChI is InChI=1S/C19H22N2O/c22-19(20-13-5-8-15-6-2-1-3-7-15)21-18-12-11-16-9-4-10-17(16)14-18/h1-3,6-7,11-12,14H,4-5,8-10,13H2,(H2,20,21,22). The van der Waals surface area contributed by atoms with E-state index in [1.165, 1.54) is 29.5 Å². The molecule has 0 aliphatic heterocycles. The number of urea groups is 1. The first kappa shape index (κ1) is 14.6. The number of anilines is 1. The first-order valence-electron chi connectivity index (χ1n) is 8.02. The van der Waals surface area contributed by atoms with E-state index in [0.717, 1.165) is 24.9 Å². The predicted octanol–water partition coefficient (Wildman–Crippen LogP) is 3.93. The summed E-state index contributed by atoms with van der Waals surface area (Å²) in [5, 5.41) is 5.84. The molecule has 2 N–H and O–H groups in total. The normalized spacial score (nSPS) is 12.7. The molecule has 1 aliphatic carbocycles. The van der Waals surface area contributed by atoms with Crippen molar-refractivity contribution in [2.75, 3.05) is 11.9 Å². The number of carbonyl (C=O) groups is 1. The van der Waals surface area contributed by atoms with Crippen LogP contribution < -0.4 is 10.6 Å². The van der Waals surface area contributed by atoms with Crippen LogP contribution >= 0.6 is 0 Å². The number of nitrogens with one attached hydrogen (secondary N) is 2. The van der Waals surface area contributed by atoms with Crippen LogP contribution in [-0.2, 0) is 19.3 Å². The molecule has 0 atom stereocenters. The molecule has 3 heteroatoms. The van der Waals surface area contributed by atoms with Crippen LogP contribution in [0.4, 0.5) is 10.5 Å². The summed E-state index contributed by atoms with van der Waals surface area (Å²) >= 11 is 0. The van der Waals surface area contributed by atoms with Crippen LogP contribution in [0.3, 0.4) is 0 Å². The van der Waals surface area contributed by atoms with Crippen molar-refractivity contribution in [2.24, 2.45) is 0 Å². The summed E-state index contributed by atoms with van der Waals surface area (Å²) in [4.78, 5) is 11.9. The minimum absolute atomic E-state index is 0.119. The summed E-state index contributed by atoms with van der Waals surface area (Å²) in [5.41, 5.74) is 5.00. The fourth-order valence-corrected chi connectivity index (χ4v) is 2.96. The van der Waals surface area contributed by atoms with Crippen LogP contribution in [0.25, 0.3) is 0 Å². The SMILES string of the molecule is O=C(NCCCc1ccccc1)Nc1ccc2c(c1)CCC2. The van der Waals surface area contributed by atoms with Gasteiger partial charge in [-0.2, -0.15) is 0 Å². The van der Waals surface area contributed by atoms with Gasteiger partial charge in [0, 0.05) is 12.2 Å². The maximum Gasteiger partial charge on any atom is 0.319 e. The molecule has 0 bridgehead atoms. The minimum atomic E-state index is -0.119. The third-order valence-corrected chi connectivity index (χ3v) is 4.13. The van der Waals surface area contributed by atoms with Gasteiger partial charge >= 0.3 is 6.03 Å². The molecule has 3 rings (SSSR count). The van der Waals surface area contributed by atoms with Gasteiger partial charge in [-0.1, -0.05) is 36.4 Å². The molecule has 114 valence electrons. The molecule has 2 aromatic rings. The molecule has 0 aromatic heterocycles. The second-order valence-electron chi connectivity index (χ2n) is 5.81. The number of aryl methyl sites for hydroxylation is 3. The molecule has 0 fully saturated rings. The Balaban J connectivity index is 1.41. The lowest BCUT2D eigenvalue weighted by Crippen LogP contribution is -2.29. The van der Waals surface area contributed by atoms with E-state index >= 15 is 0 Å².